The molecule has 2 nitrogen and oxygen atoms in total. The largest absolute Gasteiger partial charge is 0.312 e. The van der Waals surface area contributed by atoms with E-state index < -0.39 is 0 Å². The Morgan fingerprint density at radius 2 is 2.12 bits per heavy atom. The third-order valence-electron chi connectivity index (χ3n) is 5.41. The van der Waals surface area contributed by atoms with Crippen molar-refractivity contribution in [2.45, 2.75) is 57.9 Å². The van der Waals surface area contributed by atoms with Crippen molar-refractivity contribution in [2.75, 3.05) is 0 Å². The molecule has 0 saturated heterocycles. The van der Waals surface area contributed by atoms with Crippen LogP contribution in [0.1, 0.15) is 56.8 Å². The van der Waals surface area contributed by atoms with Gasteiger partial charge >= 0.3 is 0 Å². The van der Waals surface area contributed by atoms with E-state index in [9.17, 15) is 0 Å². The van der Waals surface area contributed by atoms with Gasteiger partial charge in [-0.2, -0.15) is 0 Å². The van der Waals surface area contributed by atoms with Crippen molar-refractivity contribution in [1.82, 2.24) is 5.32 Å². The highest BCUT2D eigenvalue weighted by atomic mass is 31.0. The molecule has 1 saturated carbocycles. The third-order valence-corrected chi connectivity index (χ3v) is 6.40. The molecule has 1 aromatic carbocycles. The first kappa shape index (κ1) is 20.1. The second-order valence-corrected chi connectivity index (χ2v) is 7.93. The molecule has 3 N–H and O–H groups in total. The van der Waals surface area contributed by atoms with Crippen molar-refractivity contribution in [3.05, 3.63) is 71.8 Å². The van der Waals surface area contributed by atoms with Crippen molar-refractivity contribution >= 4 is 9.24 Å². The molecule has 25 heavy (non-hydrogen) atoms. The number of hydrogen-bond donors (Lipinski definition) is 2. The molecular weight excluding hydrogens is 323 g/mol. The van der Waals surface area contributed by atoms with E-state index in [-0.39, 0.29) is 6.17 Å². The lowest BCUT2D eigenvalue weighted by Gasteiger charge is -2.44. The Morgan fingerprint density at radius 1 is 1.40 bits per heavy atom. The topological polar surface area (TPSA) is 38.0 Å². The third kappa shape index (κ3) is 5.38. The standard InChI is InChI=1S/C22H33N2P/c1-4-10-17(5-2)11-8-13-18-12-6-7-14-19(18)20(23)24-21(25)22(3)15-9-16-22/h4,6-8,10-12,14,20-21,24H,1,5,9,13,15-16,23,25H2,2-3H3/b11-8-,17-10-. The summed E-state index contributed by atoms with van der Waals surface area (Å²) in [4.78, 5) is 0. The molecule has 0 bridgehead atoms. The zero-order chi connectivity index (χ0) is 18.3. The number of hydrogen-bond acceptors (Lipinski definition) is 2. The average molecular weight is 356 g/mol. The maximum absolute atomic E-state index is 6.50. The van der Waals surface area contributed by atoms with E-state index in [1.54, 1.807) is 0 Å². The molecule has 3 heteroatoms. The minimum Gasteiger partial charge on any atom is -0.312 e. The van der Waals surface area contributed by atoms with Gasteiger partial charge in [0.15, 0.2) is 0 Å². The number of allylic oxidation sites excluding steroid dienone is 5. The smallest absolute Gasteiger partial charge is 0.0817 e. The predicted octanol–water partition coefficient (Wildman–Crippen LogP) is 5.25. The molecule has 1 aromatic rings. The van der Waals surface area contributed by atoms with Gasteiger partial charge in [0.05, 0.1) is 6.17 Å². The fraction of sp³-hybridized carbons (Fsp3) is 0.455. The first-order valence-corrected chi connectivity index (χ1v) is 10.00. The second kappa shape index (κ2) is 9.48. The van der Waals surface area contributed by atoms with Crippen LogP contribution in [0, 0.1) is 5.41 Å². The van der Waals surface area contributed by atoms with Crippen LogP contribution in [-0.4, -0.2) is 5.78 Å². The lowest BCUT2D eigenvalue weighted by Crippen LogP contribution is -2.47. The highest BCUT2D eigenvalue weighted by molar-refractivity contribution is 7.17. The maximum atomic E-state index is 6.50. The molecule has 2 rings (SSSR count). The van der Waals surface area contributed by atoms with Gasteiger partial charge in [-0.3, -0.25) is 5.32 Å². The van der Waals surface area contributed by atoms with Crippen LogP contribution in [0.25, 0.3) is 0 Å². The summed E-state index contributed by atoms with van der Waals surface area (Å²) in [5.74, 6) is 0.349. The zero-order valence-electron chi connectivity index (χ0n) is 15.7. The number of rotatable bonds is 9. The molecule has 136 valence electrons. The molecule has 0 radical (unpaired) electrons. The number of nitrogens with two attached hydrogens (primary N) is 1. The Morgan fingerprint density at radius 3 is 2.72 bits per heavy atom. The van der Waals surface area contributed by atoms with Crippen LogP contribution in [0.4, 0.5) is 0 Å². The number of nitrogens with one attached hydrogen (secondary N) is 1. The van der Waals surface area contributed by atoms with Crippen molar-refractivity contribution in [1.29, 1.82) is 0 Å². The Hall–Kier alpha value is -1.21. The molecule has 1 aliphatic carbocycles. The summed E-state index contributed by atoms with van der Waals surface area (Å²) >= 11 is 0. The summed E-state index contributed by atoms with van der Waals surface area (Å²) in [6.07, 6.45) is 14.0. The summed E-state index contributed by atoms with van der Waals surface area (Å²) in [6.45, 7) is 8.28. The van der Waals surface area contributed by atoms with Crippen molar-refractivity contribution in [3.8, 4) is 0 Å². The molecule has 1 fully saturated rings. The SMILES string of the molecule is C=C/C=C(\C=C/Cc1ccccc1C(N)NC(P)C1(C)CCC1)CC. The quantitative estimate of drug-likeness (QED) is 0.360. The van der Waals surface area contributed by atoms with Gasteiger partial charge in [-0.15, -0.1) is 9.24 Å². The highest BCUT2D eigenvalue weighted by Crippen LogP contribution is 2.45. The van der Waals surface area contributed by atoms with Crippen LogP contribution < -0.4 is 11.1 Å². The van der Waals surface area contributed by atoms with Crippen LogP contribution >= 0.6 is 9.24 Å². The normalized spacial score (nSPS) is 19.4. The highest BCUT2D eigenvalue weighted by Gasteiger charge is 2.37. The van der Waals surface area contributed by atoms with Gasteiger partial charge in [0.1, 0.15) is 0 Å². The molecule has 3 unspecified atom stereocenters. The van der Waals surface area contributed by atoms with Gasteiger partial charge in [0.25, 0.3) is 0 Å². The fourth-order valence-electron chi connectivity index (χ4n) is 3.33. The van der Waals surface area contributed by atoms with Gasteiger partial charge in [0, 0.05) is 5.78 Å². The summed E-state index contributed by atoms with van der Waals surface area (Å²) < 4.78 is 0. The molecule has 0 spiro atoms. The monoisotopic (exact) mass is 356 g/mol. The van der Waals surface area contributed by atoms with E-state index in [0.717, 1.165) is 12.8 Å². The van der Waals surface area contributed by atoms with Gasteiger partial charge in [-0.1, -0.05) is 75.4 Å². The van der Waals surface area contributed by atoms with Crippen LogP contribution in [-0.2, 0) is 6.42 Å². The summed E-state index contributed by atoms with van der Waals surface area (Å²) in [5.41, 5.74) is 10.6. The Kier molecular flexibility index (Phi) is 7.62. The molecule has 0 aliphatic heterocycles. The summed E-state index contributed by atoms with van der Waals surface area (Å²) in [7, 11) is 2.96. The molecular formula is C22H33N2P. The lowest BCUT2D eigenvalue weighted by molar-refractivity contribution is 0.133. The van der Waals surface area contributed by atoms with Crippen LogP contribution in [0.15, 0.2) is 60.7 Å². The minimum atomic E-state index is -0.140. The van der Waals surface area contributed by atoms with E-state index in [1.165, 1.54) is 36.0 Å². The molecule has 0 amide bonds. The molecule has 1 aliphatic rings. The summed E-state index contributed by atoms with van der Waals surface area (Å²) in [6, 6.07) is 8.47. The van der Waals surface area contributed by atoms with Gasteiger partial charge < -0.3 is 5.73 Å². The Balaban J connectivity index is 2.05. The zero-order valence-corrected chi connectivity index (χ0v) is 16.8. The van der Waals surface area contributed by atoms with E-state index in [0.29, 0.717) is 11.2 Å². The van der Waals surface area contributed by atoms with E-state index in [2.05, 4.69) is 77.5 Å². The Bertz CT molecular complexity index is 629. The van der Waals surface area contributed by atoms with Crippen LogP contribution in [0.5, 0.6) is 0 Å². The maximum Gasteiger partial charge on any atom is 0.0817 e. The second-order valence-electron chi connectivity index (χ2n) is 7.27. The number of benzene rings is 1. The van der Waals surface area contributed by atoms with Gasteiger partial charge in [-0.05, 0) is 47.8 Å². The predicted molar refractivity (Wildman–Crippen MR) is 113 cm³/mol. The van der Waals surface area contributed by atoms with E-state index in [1.807, 2.05) is 6.08 Å². The lowest BCUT2D eigenvalue weighted by atomic mass is 9.70. The van der Waals surface area contributed by atoms with Crippen LogP contribution in [0.2, 0.25) is 0 Å². The first-order valence-electron chi connectivity index (χ1n) is 9.33. The molecule has 0 aromatic heterocycles. The van der Waals surface area contributed by atoms with Crippen molar-refractivity contribution < 1.29 is 0 Å². The van der Waals surface area contributed by atoms with E-state index >= 15 is 0 Å². The fourth-order valence-corrected chi connectivity index (χ4v) is 3.87. The molecule has 0 heterocycles. The van der Waals surface area contributed by atoms with Gasteiger partial charge in [0.2, 0.25) is 0 Å². The van der Waals surface area contributed by atoms with E-state index in [4.69, 9.17) is 5.73 Å². The first-order chi connectivity index (χ1) is 12.0. The average Bonchev–Trinajstić information content (AvgIpc) is 2.59. The summed E-state index contributed by atoms with van der Waals surface area (Å²) in [5, 5.41) is 3.60. The van der Waals surface area contributed by atoms with Crippen LogP contribution in [0.3, 0.4) is 0 Å². The van der Waals surface area contributed by atoms with Gasteiger partial charge in [-0.25, -0.2) is 0 Å². The Labute approximate surface area is 155 Å². The van der Waals surface area contributed by atoms with Crippen molar-refractivity contribution in [2.24, 2.45) is 11.1 Å². The minimum absolute atomic E-state index is 0.140. The molecule has 3 atom stereocenters. The van der Waals surface area contributed by atoms with Crippen molar-refractivity contribution in [3.63, 3.8) is 0 Å².